The van der Waals surface area contributed by atoms with Crippen molar-refractivity contribution in [2.45, 2.75) is 9.79 Å². The van der Waals surface area contributed by atoms with Gasteiger partial charge in [0.2, 0.25) is 10.0 Å². The first-order chi connectivity index (χ1) is 5.97. The molecule has 1 rings (SSSR count). The Labute approximate surface area is 82.6 Å². The molecular weight excluding hydrogens is 208 g/mol. The topological polar surface area (TPSA) is 72.2 Å². The van der Waals surface area contributed by atoms with Gasteiger partial charge in [0.1, 0.15) is 4.90 Å². The fourth-order valence-corrected chi connectivity index (χ4v) is 1.94. The first-order valence-corrected chi connectivity index (χ1v) is 5.42. The quantitative estimate of drug-likeness (QED) is 0.499. The Balaban J connectivity index is 3.33. The van der Waals surface area contributed by atoms with Gasteiger partial charge in [-0.25, -0.2) is 13.1 Å². The van der Waals surface area contributed by atoms with Gasteiger partial charge in [-0.3, -0.25) is 0 Å². The Kier molecular flexibility index (Phi) is 2.84. The van der Waals surface area contributed by atoms with Crippen LogP contribution in [-0.2, 0) is 10.0 Å². The van der Waals surface area contributed by atoms with E-state index in [0.29, 0.717) is 4.90 Å². The average molecular weight is 218 g/mol. The van der Waals surface area contributed by atoms with Crippen LogP contribution in [0.3, 0.4) is 0 Å². The Hall–Kier alpha value is -0.720. The minimum Gasteiger partial charge on any atom is -0.398 e. The number of rotatable bonds is 2. The summed E-state index contributed by atoms with van der Waals surface area (Å²) >= 11 is 4.03. The molecule has 1 aromatic carbocycles. The standard InChI is InChI=1S/C7H10N2O2S2/c1-9-13(10,11)7-3-2-5(12)4-6(7)8/h2-4,9,12H,8H2,1H3. The smallest absolute Gasteiger partial charge is 0.242 e. The third-order valence-corrected chi connectivity index (χ3v) is 3.32. The zero-order valence-electron chi connectivity index (χ0n) is 6.98. The lowest BCUT2D eigenvalue weighted by atomic mass is 10.3. The van der Waals surface area contributed by atoms with E-state index >= 15 is 0 Å². The summed E-state index contributed by atoms with van der Waals surface area (Å²) in [6, 6.07) is 4.49. The van der Waals surface area contributed by atoms with Crippen LogP contribution >= 0.6 is 12.6 Å². The molecule has 0 amide bonds. The van der Waals surface area contributed by atoms with Crippen LogP contribution in [0.15, 0.2) is 28.0 Å². The van der Waals surface area contributed by atoms with Gasteiger partial charge >= 0.3 is 0 Å². The van der Waals surface area contributed by atoms with Crippen molar-refractivity contribution in [2.75, 3.05) is 12.8 Å². The summed E-state index contributed by atoms with van der Waals surface area (Å²) in [6.07, 6.45) is 0. The summed E-state index contributed by atoms with van der Waals surface area (Å²) in [6.45, 7) is 0. The van der Waals surface area contributed by atoms with E-state index in [1.165, 1.54) is 19.2 Å². The van der Waals surface area contributed by atoms with Crippen LogP contribution in [0.25, 0.3) is 0 Å². The first kappa shape index (κ1) is 10.4. The molecule has 0 heterocycles. The van der Waals surface area contributed by atoms with E-state index in [9.17, 15) is 8.42 Å². The number of hydrogen-bond donors (Lipinski definition) is 3. The van der Waals surface area contributed by atoms with E-state index in [-0.39, 0.29) is 10.6 Å². The predicted octanol–water partition coefficient (Wildman–Crippen LogP) is 0.466. The lowest BCUT2D eigenvalue weighted by Crippen LogP contribution is -2.19. The average Bonchev–Trinajstić information content (AvgIpc) is 2.03. The number of hydrogen-bond acceptors (Lipinski definition) is 4. The Bertz CT molecular complexity index is 415. The maximum absolute atomic E-state index is 11.3. The maximum atomic E-state index is 11.3. The number of nitrogens with two attached hydrogens (primary N) is 1. The van der Waals surface area contributed by atoms with Gasteiger partial charge in [-0.15, -0.1) is 12.6 Å². The number of anilines is 1. The van der Waals surface area contributed by atoms with Gasteiger partial charge in [-0.05, 0) is 25.2 Å². The molecule has 0 aliphatic carbocycles. The summed E-state index contributed by atoms with van der Waals surface area (Å²) in [5.41, 5.74) is 5.71. The fraction of sp³-hybridized carbons (Fsp3) is 0.143. The molecule has 6 heteroatoms. The maximum Gasteiger partial charge on any atom is 0.242 e. The van der Waals surface area contributed by atoms with Crippen LogP contribution in [0, 0.1) is 0 Å². The molecule has 0 saturated carbocycles. The first-order valence-electron chi connectivity index (χ1n) is 3.49. The van der Waals surface area contributed by atoms with E-state index in [4.69, 9.17) is 5.73 Å². The Morgan fingerprint density at radius 1 is 1.46 bits per heavy atom. The minimum atomic E-state index is -3.45. The lowest BCUT2D eigenvalue weighted by molar-refractivity contribution is 0.588. The molecule has 0 spiro atoms. The van der Waals surface area contributed by atoms with E-state index in [1.54, 1.807) is 6.07 Å². The van der Waals surface area contributed by atoms with Gasteiger partial charge in [0.15, 0.2) is 0 Å². The number of benzene rings is 1. The van der Waals surface area contributed by atoms with Gasteiger partial charge < -0.3 is 5.73 Å². The van der Waals surface area contributed by atoms with E-state index in [0.717, 1.165) is 0 Å². The molecule has 0 bridgehead atoms. The van der Waals surface area contributed by atoms with Crippen LogP contribution in [0.1, 0.15) is 0 Å². The van der Waals surface area contributed by atoms with Crippen LogP contribution in [0.2, 0.25) is 0 Å². The largest absolute Gasteiger partial charge is 0.398 e. The molecule has 0 aliphatic rings. The number of thiol groups is 1. The Morgan fingerprint density at radius 3 is 2.54 bits per heavy atom. The van der Waals surface area contributed by atoms with Crippen molar-refractivity contribution in [1.29, 1.82) is 0 Å². The SMILES string of the molecule is CNS(=O)(=O)c1ccc(S)cc1N. The van der Waals surface area contributed by atoms with Crippen LogP contribution < -0.4 is 10.5 Å². The molecule has 4 nitrogen and oxygen atoms in total. The second kappa shape index (κ2) is 3.57. The van der Waals surface area contributed by atoms with Crippen molar-refractivity contribution in [3.8, 4) is 0 Å². The molecule has 0 fully saturated rings. The van der Waals surface area contributed by atoms with Gasteiger partial charge in [0.05, 0.1) is 5.69 Å². The van der Waals surface area contributed by atoms with Gasteiger partial charge in [0.25, 0.3) is 0 Å². The zero-order valence-corrected chi connectivity index (χ0v) is 8.69. The summed E-state index contributed by atoms with van der Waals surface area (Å²) in [5, 5.41) is 0. The second-order valence-electron chi connectivity index (χ2n) is 2.43. The molecule has 13 heavy (non-hydrogen) atoms. The molecule has 0 aromatic heterocycles. The summed E-state index contributed by atoms with van der Waals surface area (Å²) in [4.78, 5) is 0.709. The minimum absolute atomic E-state index is 0.0767. The van der Waals surface area contributed by atoms with Crippen LogP contribution in [-0.4, -0.2) is 15.5 Å². The van der Waals surface area contributed by atoms with Crippen molar-refractivity contribution in [3.63, 3.8) is 0 Å². The van der Waals surface area contributed by atoms with Gasteiger partial charge in [0, 0.05) is 4.90 Å². The lowest BCUT2D eigenvalue weighted by Gasteiger charge is -2.05. The van der Waals surface area contributed by atoms with Crippen LogP contribution in [0.5, 0.6) is 0 Å². The van der Waals surface area contributed by atoms with E-state index in [2.05, 4.69) is 17.4 Å². The van der Waals surface area contributed by atoms with E-state index in [1.807, 2.05) is 0 Å². The van der Waals surface area contributed by atoms with Crippen molar-refractivity contribution < 1.29 is 8.42 Å². The molecule has 1 aromatic rings. The molecule has 0 unspecified atom stereocenters. The molecule has 72 valence electrons. The normalized spacial score (nSPS) is 11.5. The predicted molar refractivity (Wildman–Crippen MR) is 54.4 cm³/mol. The highest BCUT2D eigenvalue weighted by Gasteiger charge is 2.14. The van der Waals surface area contributed by atoms with Gasteiger partial charge in [-0.1, -0.05) is 0 Å². The third-order valence-electron chi connectivity index (χ3n) is 1.55. The van der Waals surface area contributed by atoms with Gasteiger partial charge in [-0.2, -0.15) is 0 Å². The van der Waals surface area contributed by atoms with Crippen molar-refractivity contribution in [2.24, 2.45) is 0 Å². The molecule has 3 N–H and O–H groups in total. The van der Waals surface area contributed by atoms with Crippen molar-refractivity contribution >= 4 is 28.3 Å². The number of nitrogen functional groups attached to an aromatic ring is 1. The van der Waals surface area contributed by atoms with Crippen LogP contribution in [0.4, 0.5) is 5.69 Å². The highest BCUT2D eigenvalue weighted by molar-refractivity contribution is 7.89. The monoisotopic (exact) mass is 218 g/mol. The van der Waals surface area contributed by atoms with Crippen molar-refractivity contribution in [3.05, 3.63) is 18.2 Å². The van der Waals surface area contributed by atoms with E-state index < -0.39 is 10.0 Å². The number of sulfonamides is 1. The molecule has 0 saturated heterocycles. The fourth-order valence-electron chi connectivity index (χ4n) is 0.891. The molecule has 0 aliphatic heterocycles. The molecular formula is C7H10N2O2S2. The highest BCUT2D eigenvalue weighted by Crippen LogP contribution is 2.20. The highest BCUT2D eigenvalue weighted by atomic mass is 32.2. The summed E-state index contributed by atoms with van der Waals surface area (Å²) < 4.78 is 24.8. The summed E-state index contributed by atoms with van der Waals surface area (Å²) in [7, 11) is -2.12. The second-order valence-corrected chi connectivity index (χ2v) is 4.80. The molecule has 0 atom stereocenters. The molecule has 0 radical (unpaired) electrons. The van der Waals surface area contributed by atoms with Crippen molar-refractivity contribution in [1.82, 2.24) is 4.72 Å². The third kappa shape index (κ3) is 2.15. The number of nitrogens with one attached hydrogen (secondary N) is 1. The Morgan fingerprint density at radius 2 is 2.08 bits per heavy atom. The zero-order chi connectivity index (χ0) is 10.1. The summed E-state index contributed by atoms with van der Waals surface area (Å²) in [5.74, 6) is 0.